The molecule has 0 bridgehead atoms. The van der Waals surface area contributed by atoms with E-state index in [2.05, 4.69) is 26.1 Å². The molecular formula is C24H21BrN4O3. The van der Waals surface area contributed by atoms with E-state index in [0.29, 0.717) is 35.2 Å². The van der Waals surface area contributed by atoms with Crippen LogP contribution in [-0.4, -0.2) is 27.8 Å². The van der Waals surface area contributed by atoms with Gasteiger partial charge in [-0.05, 0) is 54.4 Å². The third kappa shape index (κ3) is 4.36. The third-order valence-corrected chi connectivity index (χ3v) is 5.81. The van der Waals surface area contributed by atoms with Crippen molar-refractivity contribution in [1.82, 2.24) is 14.8 Å². The SMILES string of the molecule is COc1ccc(-n2c(C(N)=O)nnc2-c2cc(Br)c(C)cc2OCc2ccccc2)cc1. The first kappa shape index (κ1) is 21.6. The van der Waals surface area contributed by atoms with E-state index >= 15 is 0 Å². The van der Waals surface area contributed by atoms with Crippen LogP contribution in [0.15, 0.2) is 71.2 Å². The summed E-state index contributed by atoms with van der Waals surface area (Å²) in [6.07, 6.45) is 0. The van der Waals surface area contributed by atoms with Gasteiger partial charge in [0.2, 0.25) is 5.82 Å². The molecular weight excluding hydrogens is 472 g/mol. The van der Waals surface area contributed by atoms with Crippen molar-refractivity contribution in [1.29, 1.82) is 0 Å². The van der Waals surface area contributed by atoms with Crippen LogP contribution in [0, 0.1) is 6.92 Å². The van der Waals surface area contributed by atoms with Gasteiger partial charge in [-0.15, -0.1) is 10.2 Å². The number of aromatic nitrogens is 3. The zero-order valence-corrected chi connectivity index (χ0v) is 19.2. The molecule has 4 rings (SSSR count). The van der Waals surface area contributed by atoms with Crippen LogP contribution in [0.5, 0.6) is 11.5 Å². The molecule has 0 aliphatic carbocycles. The molecule has 1 amide bonds. The molecule has 8 heteroatoms. The molecule has 1 aromatic heterocycles. The topological polar surface area (TPSA) is 92.3 Å². The summed E-state index contributed by atoms with van der Waals surface area (Å²) in [6, 6.07) is 20.9. The molecule has 7 nitrogen and oxygen atoms in total. The van der Waals surface area contributed by atoms with Gasteiger partial charge in [0.15, 0.2) is 5.82 Å². The molecule has 0 saturated heterocycles. The molecule has 0 spiro atoms. The Morgan fingerprint density at radius 3 is 2.44 bits per heavy atom. The zero-order valence-electron chi connectivity index (χ0n) is 17.6. The number of rotatable bonds is 7. The van der Waals surface area contributed by atoms with E-state index in [0.717, 1.165) is 15.6 Å². The molecule has 3 aromatic carbocycles. The summed E-state index contributed by atoms with van der Waals surface area (Å²) in [7, 11) is 1.59. The van der Waals surface area contributed by atoms with Crippen LogP contribution < -0.4 is 15.2 Å². The van der Waals surface area contributed by atoms with Gasteiger partial charge in [0.1, 0.15) is 18.1 Å². The first-order chi connectivity index (χ1) is 15.5. The van der Waals surface area contributed by atoms with Crippen LogP contribution >= 0.6 is 15.9 Å². The molecule has 0 aliphatic rings. The molecule has 0 aliphatic heterocycles. The lowest BCUT2D eigenvalue weighted by atomic mass is 10.1. The smallest absolute Gasteiger partial charge is 0.287 e. The highest BCUT2D eigenvalue weighted by molar-refractivity contribution is 9.10. The van der Waals surface area contributed by atoms with Gasteiger partial charge in [-0.3, -0.25) is 9.36 Å². The van der Waals surface area contributed by atoms with Gasteiger partial charge in [-0.25, -0.2) is 0 Å². The first-order valence-electron chi connectivity index (χ1n) is 9.85. The lowest BCUT2D eigenvalue weighted by Crippen LogP contribution is -2.18. The molecule has 0 fully saturated rings. The fourth-order valence-electron chi connectivity index (χ4n) is 3.28. The molecule has 32 heavy (non-hydrogen) atoms. The van der Waals surface area contributed by atoms with Crippen LogP contribution in [0.2, 0.25) is 0 Å². The number of amides is 1. The van der Waals surface area contributed by atoms with Crippen LogP contribution in [0.3, 0.4) is 0 Å². The summed E-state index contributed by atoms with van der Waals surface area (Å²) in [4.78, 5) is 12.1. The van der Waals surface area contributed by atoms with E-state index in [4.69, 9.17) is 15.2 Å². The third-order valence-electron chi connectivity index (χ3n) is 4.95. The monoisotopic (exact) mass is 492 g/mol. The number of methoxy groups -OCH3 is 1. The Kier molecular flexibility index (Phi) is 6.23. The number of carbonyl (C=O) groups is 1. The van der Waals surface area contributed by atoms with Crippen molar-refractivity contribution in [3.8, 4) is 28.6 Å². The van der Waals surface area contributed by atoms with E-state index in [1.165, 1.54) is 0 Å². The molecule has 0 unspecified atom stereocenters. The average Bonchev–Trinajstić information content (AvgIpc) is 3.25. The Hall–Kier alpha value is -3.65. The van der Waals surface area contributed by atoms with E-state index < -0.39 is 5.91 Å². The Labute approximate surface area is 193 Å². The van der Waals surface area contributed by atoms with Gasteiger partial charge < -0.3 is 15.2 Å². The Balaban J connectivity index is 1.83. The van der Waals surface area contributed by atoms with Crippen molar-refractivity contribution in [2.75, 3.05) is 7.11 Å². The number of ether oxygens (including phenoxy) is 2. The summed E-state index contributed by atoms with van der Waals surface area (Å²) < 4.78 is 13.9. The maximum Gasteiger partial charge on any atom is 0.287 e. The predicted molar refractivity (Wildman–Crippen MR) is 125 cm³/mol. The highest BCUT2D eigenvalue weighted by Crippen LogP contribution is 2.36. The minimum Gasteiger partial charge on any atom is -0.497 e. The van der Waals surface area contributed by atoms with E-state index in [1.54, 1.807) is 23.8 Å². The second-order valence-corrected chi connectivity index (χ2v) is 7.97. The molecule has 2 N–H and O–H groups in total. The standard InChI is InChI=1S/C24H21BrN4O3/c1-15-12-21(32-14-16-6-4-3-5-7-16)19(13-20(15)25)23-27-28-24(22(26)30)29(23)17-8-10-18(31-2)11-9-17/h3-13H,14H2,1-2H3,(H2,26,30). The molecule has 0 saturated carbocycles. The number of benzene rings is 3. The van der Waals surface area contributed by atoms with Crippen LogP contribution in [0.4, 0.5) is 0 Å². The van der Waals surface area contributed by atoms with Crippen molar-refractivity contribution in [3.63, 3.8) is 0 Å². The number of nitrogens with two attached hydrogens (primary N) is 1. The minimum absolute atomic E-state index is 0.0240. The number of halogens is 1. The van der Waals surface area contributed by atoms with Crippen molar-refractivity contribution < 1.29 is 14.3 Å². The van der Waals surface area contributed by atoms with E-state index in [-0.39, 0.29) is 5.82 Å². The number of hydrogen-bond acceptors (Lipinski definition) is 5. The molecule has 1 heterocycles. The lowest BCUT2D eigenvalue weighted by Gasteiger charge is -2.15. The number of nitrogens with zero attached hydrogens (tertiary/aromatic N) is 3. The van der Waals surface area contributed by atoms with Crippen molar-refractivity contribution in [2.24, 2.45) is 5.73 Å². The van der Waals surface area contributed by atoms with Crippen molar-refractivity contribution >= 4 is 21.8 Å². The Morgan fingerprint density at radius 1 is 1.06 bits per heavy atom. The van der Waals surface area contributed by atoms with Gasteiger partial charge in [0, 0.05) is 10.2 Å². The Bertz CT molecular complexity index is 1250. The predicted octanol–water partition coefficient (Wildman–Crippen LogP) is 4.69. The average molecular weight is 493 g/mol. The number of carbonyl (C=O) groups excluding carboxylic acids is 1. The second kappa shape index (κ2) is 9.23. The molecule has 4 aromatic rings. The number of primary amides is 1. The van der Waals surface area contributed by atoms with Gasteiger partial charge in [-0.2, -0.15) is 0 Å². The molecule has 0 atom stereocenters. The second-order valence-electron chi connectivity index (χ2n) is 7.12. The fraction of sp³-hybridized carbons (Fsp3) is 0.125. The largest absolute Gasteiger partial charge is 0.497 e. The van der Waals surface area contributed by atoms with Crippen LogP contribution in [0.25, 0.3) is 17.1 Å². The molecule has 0 radical (unpaired) electrons. The van der Waals surface area contributed by atoms with Crippen molar-refractivity contribution in [3.05, 3.63) is 88.2 Å². The summed E-state index contributed by atoms with van der Waals surface area (Å²) in [5.74, 6) is 1.09. The van der Waals surface area contributed by atoms with Gasteiger partial charge in [0.25, 0.3) is 5.91 Å². The summed E-state index contributed by atoms with van der Waals surface area (Å²) in [6.45, 7) is 2.36. The Morgan fingerprint density at radius 2 is 1.78 bits per heavy atom. The number of aryl methyl sites for hydroxylation is 1. The first-order valence-corrected chi connectivity index (χ1v) is 10.6. The highest BCUT2D eigenvalue weighted by Gasteiger charge is 2.23. The quantitative estimate of drug-likeness (QED) is 0.403. The summed E-state index contributed by atoms with van der Waals surface area (Å²) >= 11 is 3.59. The van der Waals surface area contributed by atoms with E-state index in [1.807, 2.05) is 61.5 Å². The lowest BCUT2D eigenvalue weighted by molar-refractivity contribution is 0.0988. The highest BCUT2D eigenvalue weighted by atomic mass is 79.9. The maximum absolute atomic E-state index is 12.1. The number of hydrogen-bond donors (Lipinski definition) is 1. The minimum atomic E-state index is -0.683. The summed E-state index contributed by atoms with van der Waals surface area (Å²) in [5.41, 5.74) is 8.98. The fourth-order valence-corrected chi connectivity index (χ4v) is 3.62. The summed E-state index contributed by atoms with van der Waals surface area (Å²) in [5, 5.41) is 8.35. The van der Waals surface area contributed by atoms with Gasteiger partial charge in [-0.1, -0.05) is 46.3 Å². The maximum atomic E-state index is 12.1. The van der Waals surface area contributed by atoms with Crippen LogP contribution in [0.1, 0.15) is 21.7 Å². The normalized spacial score (nSPS) is 10.7. The van der Waals surface area contributed by atoms with Crippen molar-refractivity contribution in [2.45, 2.75) is 13.5 Å². The molecule has 162 valence electrons. The van der Waals surface area contributed by atoms with E-state index in [9.17, 15) is 4.79 Å². The van der Waals surface area contributed by atoms with Gasteiger partial charge >= 0.3 is 0 Å². The van der Waals surface area contributed by atoms with Crippen LogP contribution in [-0.2, 0) is 6.61 Å². The van der Waals surface area contributed by atoms with Gasteiger partial charge in [0.05, 0.1) is 12.7 Å². The zero-order chi connectivity index (χ0) is 22.7.